The first kappa shape index (κ1) is 17.0. The smallest absolute Gasteiger partial charge is 0.335 e. The Hall–Kier alpha value is -2.83. The van der Waals surface area contributed by atoms with Crippen LogP contribution in [0.2, 0.25) is 0 Å². The third-order valence-electron chi connectivity index (χ3n) is 4.25. The molecule has 1 unspecified atom stereocenters. The quantitative estimate of drug-likeness (QED) is 0.847. The highest BCUT2D eigenvalue weighted by Crippen LogP contribution is 2.37. The first-order valence-corrected chi connectivity index (χ1v) is 7.45. The molecule has 3 rings (SSSR count). The molecule has 0 fully saturated rings. The molecule has 0 saturated heterocycles. The fourth-order valence-corrected chi connectivity index (χ4v) is 2.79. The summed E-state index contributed by atoms with van der Waals surface area (Å²) in [5.41, 5.74) is 0.863. The fraction of sp³-hybridized carbons (Fsp3) is 0.222. The van der Waals surface area contributed by atoms with Gasteiger partial charge < -0.3 is 9.94 Å². The Kier molecular flexibility index (Phi) is 4.02. The highest BCUT2D eigenvalue weighted by atomic mass is 19.2. The molecule has 1 heterocycles. The zero-order valence-corrected chi connectivity index (χ0v) is 13.4. The third kappa shape index (κ3) is 2.97. The number of carbonyl (C=O) groups is 1. The monoisotopic (exact) mass is 349 g/mol. The van der Waals surface area contributed by atoms with Gasteiger partial charge in [0.15, 0.2) is 23.1 Å². The molecule has 0 aliphatic carbocycles. The van der Waals surface area contributed by atoms with Crippen LogP contribution in [0.1, 0.15) is 40.4 Å². The van der Waals surface area contributed by atoms with E-state index in [1.807, 2.05) is 0 Å². The van der Waals surface area contributed by atoms with Crippen molar-refractivity contribution in [3.63, 3.8) is 0 Å². The number of carboxylic acid groups (broad SMARTS) is 1. The van der Waals surface area contributed by atoms with Crippen molar-refractivity contribution in [1.29, 1.82) is 0 Å². The summed E-state index contributed by atoms with van der Waals surface area (Å²) >= 11 is 0. The maximum absolute atomic E-state index is 13.5. The second kappa shape index (κ2) is 5.91. The molecule has 0 amide bonds. The summed E-state index contributed by atoms with van der Waals surface area (Å²) in [6.45, 7) is 3.25. The van der Waals surface area contributed by atoms with Crippen molar-refractivity contribution in [1.82, 2.24) is 0 Å². The number of hydrogen-bond acceptors (Lipinski definition) is 3. The zero-order valence-electron chi connectivity index (χ0n) is 13.4. The predicted octanol–water partition coefficient (Wildman–Crippen LogP) is 4.15. The molecular weight excluding hydrogens is 335 g/mol. The van der Waals surface area contributed by atoms with Crippen LogP contribution in [0.5, 0.6) is 0 Å². The van der Waals surface area contributed by atoms with Crippen LogP contribution in [0, 0.1) is 24.4 Å². The van der Waals surface area contributed by atoms with Crippen molar-refractivity contribution < 1.29 is 27.9 Å². The van der Waals surface area contributed by atoms with Crippen LogP contribution < -0.4 is 0 Å². The van der Waals surface area contributed by atoms with Gasteiger partial charge in [0, 0.05) is 12.0 Å². The van der Waals surface area contributed by atoms with Crippen LogP contribution in [0.25, 0.3) is 0 Å². The summed E-state index contributed by atoms with van der Waals surface area (Å²) in [6, 6.07) is 6.48. The molecule has 0 spiro atoms. The van der Waals surface area contributed by atoms with Gasteiger partial charge in [0.25, 0.3) is 0 Å². The molecule has 130 valence electrons. The largest absolute Gasteiger partial charge is 0.478 e. The molecule has 1 aliphatic rings. The number of oxime groups is 1. The Bertz CT molecular complexity index is 887. The normalized spacial score (nSPS) is 19.5. The summed E-state index contributed by atoms with van der Waals surface area (Å²) < 4.78 is 40.1. The third-order valence-corrected chi connectivity index (χ3v) is 4.25. The van der Waals surface area contributed by atoms with Gasteiger partial charge in [-0.05, 0) is 49.2 Å². The van der Waals surface area contributed by atoms with Crippen molar-refractivity contribution in [2.24, 2.45) is 5.16 Å². The minimum absolute atomic E-state index is 0.126. The fourth-order valence-electron chi connectivity index (χ4n) is 2.79. The SMILES string of the molecule is Cc1cc(C2=NOC(C)(c3cc(F)c(F)c(F)c3)C2)ccc1C(=O)O. The lowest BCUT2D eigenvalue weighted by Gasteiger charge is -2.22. The van der Waals surface area contributed by atoms with E-state index in [1.165, 1.54) is 6.07 Å². The molecule has 7 heteroatoms. The van der Waals surface area contributed by atoms with Crippen molar-refractivity contribution >= 4 is 11.7 Å². The summed E-state index contributed by atoms with van der Waals surface area (Å²) in [7, 11) is 0. The summed E-state index contributed by atoms with van der Waals surface area (Å²) in [5.74, 6) is -5.16. The standard InChI is InChI=1S/C18H14F3NO3/c1-9-5-10(3-4-12(9)17(23)24)15-8-18(2,25-22-15)11-6-13(19)16(21)14(20)7-11/h3-7H,8H2,1-2H3,(H,23,24). The molecule has 4 nitrogen and oxygen atoms in total. The number of benzene rings is 2. The van der Waals surface area contributed by atoms with Gasteiger partial charge in [-0.25, -0.2) is 18.0 Å². The lowest BCUT2D eigenvalue weighted by molar-refractivity contribution is -0.00794. The average molecular weight is 349 g/mol. The maximum atomic E-state index is 13.5. The number of rotatable bonds is 3. The first-order chi connectivity index (χ1) is 11.7. The van der Waals surface area contributed by atoms with E-state index in [9.17, 15) is 18.0 Å². The van der Waals surface area contributed by atoms with Gasteiger partial charge in [0.2, 0.25) is 0 Å². The lowest BCUT2D eigenvalue weighted by Crippen LogP contribution is -2.23. The van der Waals surface area contributed by atoms with Crippen molar-refractivity contribution in [3.05, 3.63) is 70.0 Å². The number of carboxylic acids is 1. The molecule has 1 N–H and O–H groups in total. The van der Waals surface area contributed by atoms with Crippen LogP contribution >= 0.6 is 0 Å². The van der Waals surface area contributed by atoms with Gasteiger partial charge in [0.05, 0.1) is 11.3 Å². The molecular formula is C18H14F3NO3. The summed E-state index contributed by atoms with van der Waals surface area (Å²) in [4.78, 5) is 16.5. The van der Waals surface area contributed by atoms with Crippen LogP contribution in [-0.4, -0.2) is 16.8 Å². The molecule has 0 radical (unpaired) electrons. The Morgan fingerprint density at radius 1 is 1.20 bits per heavy atom. The van der Waals surface area contributed by atoms with Crippen LogP contribution in [-0.2, 0) is 10.4 Å². The maximum Gasteiger partial charge on any atom is 0.335 e. The van der Waals surface area contributed by atoms with Gasteiger partial charge in [-0.1, -0.05) is 11.2 Å². The second-order valence-corrected chi connectivity index (χ2v) is 6.13. The number of nitrogens with zero attached hydrogens (tertiary/aromatic N) is 1. The van der Waals surface area contributed by atoms with Gasteiger partial charge in [-0.3, -0.25) is 0 Å². The van der Waals surface area contributed by atoms with E-state index in [2.05, 4.69) is 5.16 Å². The topological polar surface area (TPSA) is 58.9 Å². The number of aryl methyl sites for hydroxylation is 1. The Balaban J connectivity index is 1.90. The molecule has 0 saturated carbocycles. The van der Waals surface area contributed by atoms with E-state index in [-0.39, 0.29) is 17.5 Å². The molecule has 1 aliphatic heterocycles. The van der Waals surface area contributed by atoms with E-state index in [1.54, 1.807) is 26.0 Å². The molecule has 1 atom stereocenters. The van der Waals surface area contributed by atoms with Crippen molar-refractivity contribution in [2.75, 3.05) is 0 Å². The van der Waals surface area contributed by atoms with Gasteiger partial charge in [0.1, 0.15) is 0 Å². The van der Waals surface area contributed by atoms with Crippen LogP contribution in [0.3, 0.4) is 0 Å². The predicted molar refractivity (Wildman–Crippen MR) is 84.0 cm³/mol. The highest BCUT2D eigenvalue weighted by molar-refractivity contribution is 6.02. The minimum atomic E-state index is -1.54. The van der Waals surface area contributed by atoms with E-state index < -0.39 is 29.0 Å². The lowest BCUT2D eigenvalue weighted by atomic mass is 9.88. The molecule has 0 aromatic heterocycles. The Labute approximate surface area is 141 Å². The zero-order chi connectivity index (χ0) is 18.4. The molecule has 25 heavy (non-hydrogen) atoms. The molecule has 2 aromatic carbocycles. The second-order valence-electron chi connectivity index (χ2n) is 6.13. The summed E-state index contributed by atoms with van der Waals surface area (Å²) in [5, 5.41) is 13.0. The summed E-state index contributed by atoms with van der Waals surface area (Å²) in [6.07, 6.45) is 0.198. The minimum Gasteiger partial charge on any atom is -0.478 e. The van der Waals surface area contributed by atoms with E-state index >= 15 is 0 Å². The number of hydrogen-bond donors (Lipinski definition) is 1. The van der Waals surface area contributed by atoms with Crippen molar-refractivity contribution in [2.45, 2.75) is 25.9 Å². The van der Waals surface area contributed by atoms with E-state index in [0.717, 1.165) is 12.1 Å². The van der Waals surface area contributed by atoms with Gasteiger partial charge >= 0.3 is 5.97 Å². The molecule has 2 aromatic rings. The Morgan fingerprint density at radius 3 is 2.40 bits per heavy atom. The van der Waals surface area contributed by atoms with Crippen LogP contribution in [0.4, 0.5) is 13.2 Å². The van der Waals surface area contributed by atoms with Crippen molar-refractivity contribution in [3.8, 4) is 0 Å². The average Bonchev–Trinajstić information content (AvgIpc) is 2.95. The first-order valence-electron chi connectivity index (χ1n) is 7.45. The molecule has 0 bridgehead atoms. The van der Waals surface area contributed by atoms with E-state index in [4.69, 9.17) is 9.94 Å². The number of aromatic carboxylic acids is 1. The van der Waals surface area contributed by atoms with Gasteiger partial charge in [-0.15, -0.1) is 0 Å². The van der Waals surface area contributed by atoms with E-state index in [0.29, 0.717) is 16.8 Å². The van der Waals surface area contributed by atoms with Gasteiger partial charge in [-0.2, -0.15) is 0 Å². The van der Waals surface area contributed by atoms with Crippen LogP contribution in [0.15, 0.2) is 35.5 Å². The number of halogens is 3. The highest BCUT2D eigenvalue weighted by Gasteiger charge is 2.38. The Morgan fingerprint density at radius 2 is 1.84 bits per heavy atom.